The second-order valence-corrected chi connectivity index (χ2v) is 10.7. The molecule has 1 saturated heterocycles. The van der Waals surface area contributed by atoms with E-state index in [1.807, 2.05) is 12.1 Å². The van der Waals surface area contributed by atoms with Crippen LogP contribution in [-0.4, -0.2) is 67.6 Å². The van der Waals surface area contributed by atoms with E-state index in [1.54, 1.807) is 22.5 Å². The van der Waals surface area contributed by atoms with Crippen molar-refractivity contribution in [3.05, 3.63) is 34.9 Å². The third-order valence-electron chi connectivity index (χ3n) is 5.83. The minimum Gasteiger partial charge on any atom is -0.342 e. The smallest absolute Gasteiger partial charge is 0.248 e. The van der Waals surface area contributed by atoms with Crippen molar-refractivity contribution >= 4 is 33.4 Å². The summed E-state index contributed by atoms with van der Waals surface area (Å²) in [4.78, 5) is 27.6. The first-order valence-electron chi connectivity index (χ1n) is 10.5. The molecule has 1 heterocycles. The van der Waals surface area contributed by atoms with Crippen molar-refractivity contribution in [3.8, 4) is 0 Å². The van der Waals surface area contributed by atoms with E-state index in [0.717, 1.165) is 35.4 Å². The van der Waals surface area contributed by atoms with Crippen LogP contribution in [0, 0.1) is 11.8 Å². The van der Waals surface area contributed by atoms with Crippen molar-refractivity contribution in [2.75, 3.05) is 32.9 Å². The standard InChI is InChI=1S/C21H32ClN3O5S/c1-24(31(2,29)30)15-19(20(26)23-28)18(21(27)25-13-4-3-5-14-25)8-6-7-16-9-11-17(22)12-10-16/h9-12,18-19,28H,3-8,13-15H2,1-2H3,(H,23,26)/t18-,19+/m1/s1. The number of hydrogen-bond donors (Lipinski definition) is 2. The second kappa shape index (κ2) is 11.8. The number of amides is 2. The van der Waals surface area contributed by atoms with Gasteiger partial charge in [0, 0.05) is 31.7 Å². The molecule has 1 aromatic rings. The Morgan fingerprint density at radius 3 is 2.32 bits per heavy atom. The average molecular weight is 474 g/mol. The fourth-order valence-corrected chi connectivity index (χ4v) is 4.47. The maximum absolute atomic E-state index is 13.4. The van der Waals surface area contributed by atoms with E-state index in [4.69, 9.17) is 11.6 Å². The summed E-state index contributed by atoms with van der Waals surface area (Å²) in [6.07, 6.45) is 5.63. The van der Waals surface area contributed by atoms with E-state index in [9.17, 15) is 23.2 Å². The first-order chi connectivity index (χ1) is 14.6. The van der Waals surface area contributed by atoms with Crippen LogP contribution in [0.1, 0.15) is 37.7 Å². The van der Waals surface area contributed by atoms with Gasteiger partial charge in [0.25, 0.3) is 0 Å². The minimum atomic E-state index is -3.56. The molecule has 0 saturated carbocycles. The van der Waals surface area contributed by atoms with E-state index in [1.165, 1.54) is 7.05 Å². The molecule has 1 aliphatic heterocycles. The Hall–Kier alpha value is -1.68. The topological polar surface area (TPSA) is 107 Å². The Kier molecular flexibility index (Phi) is 9.74. The number of aryl methyl sites for hydroxylation is 1. The number of likely N-dealkylation sites (tertiary alicyclic amines) is 1. The molecule has 0 aromatic heterocycles. The number of halogens is 1. The third kappa shape index (κ3) is 7.75. The minimum absolute atomic E-state index is 0.161. The SMILES string of the molecule is CN(C[C@H](C(=O)NO)[C@@H](CCCc1ccc(Cl)cc1)C(=O)N1CCCCC1)S(C)(=O)=O. The van der Waals surface area contributed by atoms with Crippen molar-refractivity contribution in [1.29, 1.82) is 0 Å². The fraction of sp³-hybridized carbons (Fsp3) is 0.619. The molecule has 31 heavy (non-hydrogen) atoms. The van der Waals surface area contributed by atoms with Crippen LogP contribution in [0.2, 0.25) is 5.02 Å². The van der Waals surface area contributed by atoms with Crippen LogP contribution in [0.25, 0.3) is 0 Å². The van der Waals surface area contributed by atoms with E-state index in [0.29, 0.717) is 37.4 Å². The molecule has 1 fully saturated rings. The van der Waals surface area contributed by atoms with E-state index in [-0.39, 0.29) is 12.5 Å². The van der Waals surface area contributed by atoms with Gasteiger partial charge in [0.15, 0.2) is 0 Å². The van der Waals surface area contributed by atoms with Gasteiger partial charge in [-0.2, -0.15) is 0 Å². The summed E-state index contributed by atoms with van der Waals surface area (Å²) >= 11 is 5.93. The summed E-state index contributed by atoms with van der Waals surface area (Å²) in [5, 5.41) is 9.93. The second-order valence-electron chi connectivity index (χ2n) is 8.14. The quantitative estimate of drug-likeness (QED) is 0.400. The maximum Gasteiger partial charge on any atom is 0.248 e. The number of carbonyl (C=O) groups is 2. The normalized spacial score (nSPS) is 16.7. The van der Waals surface area contributed by atoms with Gasteiger partial charge in [0.05, 0.1) is 18.1 Å². The molecule has 1 aliphatic rings. The van der Waals surface area contributed by atoms with Crippen LogP contribution in [0.15, 0.2) is 24.3 Å². The van der Waals surface area contributed by atoms with Crippen molar-refractivity contribution in [2.45, 2.75) is 38.5 Å². The lowest BCUT2D eigenvalue weighted by atomic mass is 9.84. The highest BCUT2D eigenvalue weighted by molar-refractivity contribution is 7.88. The predicted molar refractivity (Wildman–Crippen MR) is 119 cm³/mol. The van der Waals surface area contributed by atoms with Gasteiger partial charge in [-0.1, -0.05) is 23.7 Å². The molecule has 0 radical (unpaired) electrons. The number of sulfonamides is 1. The molecule has 0 bridgehead atoms. The molecule has 2 rings (SSSR count). The lowest BCUT2D eigenvalue weighted by molar-refractivity contribution is -0.146. The summed E-state index contributed by atoms with van der Waals surface area (Å²) in [6, 6.07) is 7.44. The van der Waals surface area contributed by atoms with Gasteiger partial charge in [0.2, 0.25) is 21.8 Å². The number of nitrogens with one attached hydrogen (secondary N) is 1. The molecule has 2 amide bonds. The molecule has 2 N–H and O–H groups in total. The molecule has 0 aliphatic carbocycles. The molecule has 0 spiro atoms. The first-order valence-corrected chi connectivity index (χ1v) is 12.7. The Morgan fingerprint density at radius 2 is 1.77 bits per heavy atom. The molecule has 174 valence electrons. The predicted octanol–water partition coefficient (Wildman–Crippen LogP) is 2.30. The summed E-state index contributed by atoms with van der Waals surface area (Å²) in [5.41, 5.74) is 2.69. The lowest BCUT2D eigenvalue weighted by Crippen LogP contribution is -2.49. The van der Waals surface area contributed by atoms with Crippen LogP contribution in [0.4, 0.5) is 0 Å². The highest BCUT2D eigenvalue weighted by Crippen LogP contribution is 2.26. The van der Waals surface area contributed by atoms with Crippen LogP contribution in [-0.2, 0) is 26.0 Å². The summed E-state index contributed by atoms with van der Waals surface area (Å²) < 4.78 is 24.9. The van der Waals surface area contributed by atoms with Gasteiger partial charge in [-0.3, -0.25) is 14.8 Å². The van der Waals surface area contributed by atoms with E-state index < -0.39 is 27.8 Å². The lowest BCUT2D eigenvalue weighted by Gasteiger charge is -2.34. The van der Waals surface area contributed by atoms with Crippen molar-refractivity contribution < 1.29 is 23.2 Å². The van der Waals surface area contributed by atoms with Gasteiger partial charge in [-0.25, -0.2) is 18.2 Å². The number of hydroxylamine groups is 1. The first kappa shape index (κ1) is 25.6. The van der Waals surface area contributed by atoms with E-state index in [2.05, 4.69) is 0 Å². The highest BCUT2D eigenvalue weighted by Gasteiger charge is 2.38. The molecule has 8 nitrogen and oxygen atoms in total. The number of carbonyl (C=O) groups excluding carboxylic acids is 2. The van der Waals surface area contributed by atoms with Crippen molar-refractivity contribution in [2.24, 2.45) is 11.8 Å². The zero-order chi connectivity index (χ0) is 23.0. The van der Waals surface area contributed by atoms with Gasteiger partial charge in [0.1, 0.15) is 0 Å². The number of nitrogens with zero attached hydrogens (tertiary/aromatic N) is 2. The van der Waals surface area contributed by atoms with Gasteiger partial charge in [-0.15, -0.1) is 0 Å². The molecule has 2 atom stereocenters. The van der Waals surface area contributed by atoms with Crippen LogP contribution in [0.5, 0.6) is 0 Å². The van der Waals surface area contributed by atoms with Crippen LogP contribution < -0.4 is 5.48 Å². The highest BCUT2D eigenvalue weighted by atomic mass is 35.5. The van der Waals surface area contributed by atoms with Gasteiger partial charge in [-0.05, 0) is 56.2 Å². The molecule has 0 unspecified atom stereocenters. The van der Waals surface area contributed by atoms with Gasteiger partial charge >= 0.3 is 0 Å². The zero-order valence-corrected chi connectivity index (χ0v) is 19.7. The van der Waals surface area contributed by atoms with Crippen molar-refractivity contribution in [1.82, 2.24) is 14.7 Å². The van der Waals surface area contributed by atoms with Crippen molar-refractivity contribution in [3.63, 3.8) is 0 Å². The Balaban J connectivity index is 2.21. The number of benzene rings is 1. The Bertz CT molecular complexity index is 841. The maximum atomic E-state index is 13.4. The van der Waals surface area contributed by atoms with E-state index >= 15 is 0 Å². The number of piperidine rings is 1. The van der Waals surface area contributed by atoms with Gasteiger partial charge < -0.3 is 4.90 Å². The molecular formula is C21H32ClN3O5S. The number of hydrogen-bond acceptors (Lipinski definition) is 5. The Labute approximate surface area is 189 Å². The zero-order valence-electron chi connectivity index (χ0n) is 18.1. The van der Waals surface area contributed by atoms with Crippen LogP contribution >= 0.6 is 11.6 Å². The largest absolute Gasteiger partial charge is 0.342 e. The van der Waals surface area contributed by atoms with Crippen LogP contribution in [0.3, 0.4) is 0 Å². The molecule has 10 heteroatoms. The average Bonchev–Trinajstić information content (AvgIpc) is 2.75. The Morgan fingerprint density at radius 1 is 1.16 bits per heavy atom. The fourth-order valence-electron chi connectivity index (χ4n) is 3.91. The number of rotatable bonds is 10. The summed E-state index contributed by atoms with van der Waals surface area (Å²) in [7, 11) is -2.19. The third-order valence-corrected chi connectivity index (χ3v) is 7.36. The summed E-state index contributed by atoms with van der Waals surface area (Å²) in [6.45, 7) is 1.07. The molecular weight excluding hydrogens is 442 g/mol. The molecule has 1 aromatic carbocycles. The summed E-state index contributed by atoms with van der Waals surface area (Å²) in [5.74, 6) is -2.64. The monoisotopic (exact) mass is 473 g/mol.